The molecule has 28 heavy (non-hydrogen) atoms. The number of halogens is 1. The second-order valence-corrected chi connectivity index (χ2v) is 6.70. The van der Waals surface area contributed by atoms with Gasteiger partial charge in [-0.15, -0.1) is 0 Å². The fraction of sp³-hybridized carbons (Fsp3) is 0. The van der Waals surface area contributed by atoms with Gasteiger partial charge in [-0.3, -0.25) is 0 Å². The molecule has 1 heterocycles. The third-order valence-electron chi connectivity index (χ3n) is 5.05. The molecule has 1 N–H and O–H groups in total. The van der Waals surface area contributed by atoms with Crippen LogP contribution in [-0.4, -0.2) is 16.4 Å². The highest BCUT2D eigenvalue weighted by molar-refractivity contribution is 6.24. The second-order valence-electron chi connectivity index (χ2n) is 6.70. The van der Waals surface area contributed by atoms with Crippen LogP contribution in [0.3, 0.4) is 0 Å². The molecular formula is C24H15FN2O. The van der Waals surface area contributed by atoms with Crippen LogP contribution < -0.4 is 0 Å². The van der Waals surface area contributed by atoms with Crippen LogP contribution >= 0.6 is 0 Å². The van der Waals surface area contributed by atoms with Crippen LogP contribution in [0.2, 0.25) is 0 Å². The fourth-order valence-corrected chi connectivity index (χ4v) is 3.81. The predicted molar refractivity (Wildman–Crippen MR) is 113 cm³/mol. The van der Waals surface area contributed by atoms with Crippen LogP contribution in [0.25, 0.3) is 44.5 Å². The molecule has 3 nitrogen and oxygen atoms in total. The van der Waals surface area contributed by atoms with Crippen LogP contribution in [-0.2, 0) is 0 Å². The van der Waals surface area contributed by atoms with Crippen LogP contribution in [0.15, 0.2) is 71.9 Å². The van der Waals surface area contributed by atoms with Gasteiger partial charge in [-0.05, 0) is 62.2 Å². The maximum atomic E-state index is 13.7. The van der Waals surface area contributed by atoms with Crippen molar-refractivity contribution >= 4 is 50.7 Å². The molecule has 0 saturated carbocycles. The molecule has 0 saturated heterocycles. The van der Waals surface area contributed by atoms with Gasteiger partial charge in [-0.2, -0.15) is 0 Å². The topological polar surface area (TPSA) is 45.5 Å². The Morgan fingerprint density at radius 3 is 2.39 bits per heavy atom. The molecule has 0 radical (unpaired) electrons. The summed E-state index contributed by atoms with van der Waals surface area (Å²) in [7, 11) is 0. The van der Waals surface area contributed by atoms with E-state index in [4.69, 9.17) is 5.21 Å². The predicted octanol–water partition coefficient (Wildman–Crippen LogP) is 6.10. The number of aromatic nitrogens is 1. The van der Waals surface area contributed by atoms with Gasteiger partial charge in [0.25, 0.3) is 0 Å². The number of hydrogen-bond acceptors (Lipinski definition) is 3. The van der Waals surface area contributed by atoms with Crippen molar-refractivity contribution in [3.63, 3.8) is 0 Å². The van der Waals surface area contributed by atoms with E-state index in [0.29, 0.717) is 5.69 Å². The number of nitrogens with zero attached hydrogens (tertiary/aromatic N) is 2. The van der Waals surface area contributed by atoms with Crippen molar-refractivity contribution in [1.82, 2.24) is 4.98 Å². The number of rotatable bonds is 3. The highest BCUT2D eigenvalue weighted by Crippen LogP contribution is 2.36. The fourth-order valence-electron chi connectivity index (χ4n) is 3.81. The molecule has 0 unspecified atom stereocenters. The first-order valence-electron chi connectivity index (χ1n) is 8.93. The summed E-state index contributed by atoms with van der Waals surface area (Å²) in [6.07, 6.45) is 4.82. The Bertz CT molecular complexity index is 1390. The van der Waals surface area contributed by atoms with Gasteiger partial charge >= 0.3 is 0 Å². The van der Waals surface area contributed by atoms with Crippen LogP contribution in [0.5, 0.6) is 0 Å². The summed E-state index contributed by atoms with van der Waals surface area (Å²) in [6, 6.07) is 22.0. The SMILES string of the molecule is O/N=C/c1nc(/C=C/c2cc3cccc4ccc5cccc2c5c43)ccc1F. The van der Waals surface area contributed by atoms with Crippen molar-refractivity contribution < 1.29 is 9.60 Å². The van der Waals surface area contributed by atoms with E-state index in [1.807, 2.05) is 12.2 Å². The highest BCUT2D eigenvalue weighted by atomic mass is 19.1. The minimum Gasteiger partial charge on any atom is -0.411 e. The molecule has 1 aromatic heterocycles. The van der Waals surface area contributed by atoms with Gasteiger partial charge in [0.15, 0.2) is 5.82 Å². The molecule has 0 amide bonds. The maximum absolute atomic E-state index is 13.7. The van der Waals surface area contributed by atoms with Crippen molar-refractivity contribution in [3.05, 3.63) is 89.5 Å². The first-order chi connectivity index (χ1) is 13.7. The van der Waals surface area contributed by atoms with E-state index in [-0.39, 0.29) is 5.69 Å². The van der Waals surface area contributed by atoms with E-state index >= 15 is 0 Å². The number of benzene rings is 4. The lowest BCUT2D eigenvalue weighted by Crippen LogP contribution is -1.95. The van der Waals surface area contributed by atoms with Crippen LogP contribution in [0.4, 0.5) is 4.39 Å². The second kappa shape index (κ2) is 6.43. The highest BCUT2D eigenvalue weighted by Gasteiger charge is 2.10. The van der Waals surface area contributed by atoms with Crippen molar-refractivity contribution in [1.29, 1.82) is 0 Å². The molecule has 4 heteroatoms. The lowest BCUT2D eigenvalue weighted by molar-refractivity contribution is 0.321. The van der Waals surface area contributed by atoms with Crippen LogP contribution in [0.1, 0.15) is 17.0 Å². The first kappa shape index (κ1) is 16.4. The largest absolute Gasteiger partial charge is 0.411 e. The summed E-state index contributed by atoms with van der Waals surface area (Å²) in [5.74, 6) is -0.530. The molecule has 0 spiro atoms. The number of oxime groups is 1. The Labute approximate surface area is 160 Å². The van der Waals surface area contributed by atoms with Gasteiger partial charge < -0.3 is 5.21 Å². The molecular weight excluding hydrogens is 351 g/mol. The van der Waals surface area contributed by atoms with Gasteiger partial charge in [-0.1, -0.05) is 59.8 Å². The van der Waals surface area contributed by atoms with E-state index in [9.17, 15) is 4.39 Å². The van der Waals surface area contributed by atoms with Crippen molar-refractivity contribution in [2.75, 3.05) is 0 Å². The lowest BCUT2D eigenvalue weighted by atomic mass is 9.91. The van der Waals surface area contributed by atoms with Gasteiger partial charge in [0.05, 0.1) is 11.9 Å². The van der Waals surface area contributed by atoms with Gasteiger partial charge in [0, 0.05) is 0 Å². The summed E-state index contributed by atoms with van der Waals surface area (Å²) in [4.78, 5) is 4.18. The third kappa shape index (κ3) is 2.58. The molecule has 0 aliphatic rings. The average molecular weight is 366 g/mol. The van der Waals surface area contributed by atoms with E-state index in [0.717, 1.165) is 17.2 Å². The lowest BCUT2D eigenvalue weighted by Gasteiger charge is -2.12. The standard InChI is InChI=1S/C24H15FN2O/c25-21-12-11-19(27-22(21)14-26-28)10-9-17-13-18-5-1-3-15-7-8-16-4-2-6-20(17)24(16)23(15)18/h1-14,28H/b10-9+,26-14+. The van der Waals surface area contributed by atoms with Crippen molar-refractivity contribution in [3.8, 4) is 0 Å². The van der Waals surface area contributed by atoms with Gasteiger partial charge in [0.1, 0.15) is 5.69 Å². The minimum atomic E-state index is -0.530. The zero-order valence-electron chi connectivity index (χ0n) is 14.8. The Balaban J connectivity index is 1.71. The molecule has 0 aliphatic carbocycles. The van der Waals surface area contributed by atoms with E-state index < -0.39 is 5.82 Å². The summed E-state index contributed by atoms with van der Waals surface area (Å²) in [5.41, 5.74) is 1.65. The quantitative estimate of drug-likeness (QED) is 0.182. The van der Waals surface area contributed by atoms with Gasteiger partial charge in [0.2, 0.25) is 0 Å². The van der Waals surface area contributed by atoms with Crippen LogP contribution in [0, 0.1) is 5.82 Å². The molecule has 5 rings (SSSR count). The molecule has 0 fully saturated rings. The zero-order chi connectivity index (χ0) is 19.1. The third-order valence-corrected chi connectivity index (χ3v) is 5.05. The molecule has 0 aliphatic heterocycles. The van der Waals surface area contributed by atoms with Gasteiger partial charge in [-0.25, -0.2) is 9.37 Å². The van der Waals surface area contributed by atoms with E-state index in [1.54, 1.807) is 6.07 Å². The van der Waals surface area contributed by atoms with E-state index in [2.05, 4.69) is 64.7 Å². The summed E-state index contributed by atoms with van der Waals surface area (Å²) >= 11 is 0. The normalized spacial score (nSPS) is 12.3. The average Bonchev–Trinajstić information content (AvgIpc) is 2.73. The first-order valence-corrected chi connectivity index (χ1v) is 8.93. The van der Waals surface area contributed by atoms with E-state index in [1.165, 1.54) is 33.0 Å². The number of hydrogen-bond donors (Lipinski definition) is 1. The molecule has 0 atom stereocenters. The zero-order valence-corrected chi connectivity index (χ0v) is 14.8. The monoisotopic (exact) mass is 366 g/mol. The molecule has 4 aromatic carbocycles. The van der Waals surface area contributed by atoms with Crippen molar-refractivity contribution in [2.45, 2.75) is 0 Å². The Kier molecular flexibility index (Phi) is 3.76. The smallest absolute Gasteiger partial charge is 0.150 e. The summed E-state index contributed by atoms with van der Waals surface area (Å²) in [6.45, 7) is 0. The Morgan fingerprint density at radius 2 is 1.57 bits per heavy atom. The number of pyridine rings is 1. The molecule has 5 aromatic rings. The maximum Gasteiger partial charge on any atom is 0.150 e. The van der Waals surface area contributed by atoms with Crippen molar-refractivity contribution in [2.24, 2.45) is 5.16 Å². The Hall–Kier alpha value is -3.79. The Morgan fingerprint density at radius 1 is 0.821 bits per heavy atom. The summed E-state index contributed by atoms with van der Waals surface area (Å²) < 4.78 is 13.7. The summed E-state index contributed by atoms with van der Waals surface area (Å²) in [5, 5.41) is 18.8. The molecule has 0 bridgehead atoms. The molecule has 134 valence electrons. The minimum absolute atomic E-state index is 0.000473.